The molecule has 1 aromatic heterocycles. The lowest BCUT2D eigenvalue weighted by atomic mass is 10.1. The van der Waals surface area contributed by atoms with E-state index in [0.29, 0.717) is 42.7 Å². The molecule has 0 spiro atoms. The van der Waals surface area contributed by atoms with E-state index < -0.39 is 0 Å². The Balaban J connectivity index is 1.51. The van der Waals surface area contributed by atoms with Crippen LogP contribution in [0.25, 0.3) is 11.4 Å². The Kier molecular flexibility index (Phi) is 4.97. The lowest BCUT2D eigenvalue weighted by Crippen LogP contribution is -2.24. The number of ether oxygens (including phenoxy) is 2. The zero-order chi connectivity index (χ0) is 19.5. The Morgan fingerprint density at radius 1 is 1.11 bits per heavy atom. The van der Waals surface area contributed by atoms with E-state index in [1.54, 1.807) is 20.3 Å². The second-order valence-corrected chi connectivity index (χ2v) is 6.72. The van der Waals surface area contributed by atoms with E-state index in [1.807, 2.05) is 47.4 Å². The van der Waals surface area contributed by atoms with Gasteiger partial charge in [-0.1, -0.05) is 35.5 Å². The molecule has 0 bridgehead atoms. The average molecular weight is 379 g/mol. The number of amides is 1. The van der Waals surface area contributed by atoms with Crippen molar-refractivity contribution in [3.05, 3.63) is 60.0 Å². The van der Waals surface area contributed by atoms with Crippen LogP contribution >= 0.6 is 0 Å². The molecule has 28 heavy (non-hydrogen) atoms. The summed E-state index contributed by atoms with van der Waals surface area (Å²) in [5.74, 6) is 2.19. The van der Waals surface area contributed by atoms with Crippen LogP contribution < -0.4 is 9.47 Å². The molecule has 0 N–H and O–H groups in total. The van der Waals surface area contributed by atoms with Crippen LogP contribution in [0.2, 0.25) is 0 Å². The van der Waals surface area contributed by atoms with Gasteiger partial charge in [0.05, 0.1) is 20.1 Å². The van der Waals surface area contributed by atoms with E-state index in [0.717, 1.165) is 11.1 Å². The number of benzene rings is 2. The Morgan fingerprint density at radius 3 is 2.50 bits per heavy atom. The molecule has 7 nitrogen and oxygen atoms in total. The first-order valence-electron chi connectivity index (χ1n) is 9.05. The molecule has 4 rings (SSSR count). The number of nitrogens with zero attached hydrogens (tertiary/aromatic N) is 3. The molecule has 0 saturated carbocycles. The molecule has 144 valence electrons. The maximum absolute atomic E-state index is 12.4. The van der Waals surface area contributed by atoms with Crippen LogP contribution in [0.15, 0.2) is 53.1 Å². The van der Waals surface area contributed by atoms with E-state index in [1.165, 1.54) is 0 Å². The molecule has 1 fully saturated rings. The van der Waals surface area contributed by atoms with Gasteiger partial charge in [-0.2, -0.15) is 4.98 Å². The molecule has 2 heterocycles. The molecule has 0 radical (unpaired) electrons. The van der Waals surface area contributed by atoms with Gasteiger partial charge in [0, 0.05) is 31.1 Å². The van der Waals surface area contributed by atoms with Gasteiger partial charge in [0.15, 0.2) is 0 Å². The first kappa shape index (κ1) is 18.0. The summed E-state index contributed by atoms with van der Waals surface area (Å²) in [6.45, 7) is 1.15. The molecule has 1 atom stereocenters. The van der Waals surface area contributed by atoms with E-state index >= 15 is 0 Å². The van der Waals surface area contributed by atoms with Crippen molar-refractivity contribution in [2.45, 2.75) is 18.9 Å². The lowest BCUT2D eigenvalue weighted by molar-refractivity contribution is -0.128. The third-order valence-corrected chi connectivity index (χ3v) is 4.83. The Labute approximate surface area is 162 Å². The van der Waals surface area contributed by atoms with Crippen LogP contribution in [-0.2, 0) is 11.3 Å². The highest BCUT2D eigenvalue weighted by Crippen LogP contribution is 2.32. The first-order valence-corrected chi connectivity index (χ1v) is 9.05. The molecule has 1 aliphatic heterocycles. The summed E-state index contributed by atoms with van der Waals surface area (Å²) in [4.78, 5) is 18.8. The van der Waals surface area contributed by atoms with Crippen LogP contribution in [0.4, 0.5) is 0 Å². The van der Waals surface area contributed by atoms with Crippen LogP contribution in [0.1, 0.15) is 23.8 Å². The number of carbonyl (C=O) groups is 1. The number of hydrogen-bond acceptors (Lipinski definition) is 6. The fourth-order valence-electron chi connectivity index (χ4n) is 3.35. The minimum atomic E-state index is -0.107. The van der Waals surface area contributed by atoms with Gasteiger partial charge in [-0.3, -0.25) is 4.79 Å². The normalized spacial score (nSPS) is 16.4. The molecule has 3 aromatic rings. The maximum Gasteiger partial charge on any atom is 0.232 e. The Bertz CT molecular complexity index is 949. The average Bonchev–Trinajstić information content (AvgIpc) is 3.36. The smallest absolute Gasteiger partial charge is 0.232 e. The van der Waals surface area contributed by atoms with Crippen LogP contribution in [-0.4, -0.2) is 41.7 Å². The molecule has 1 amide bonds. The van der Waals surface area contributed by atoms with Gasteiger partial charge in [0.2, 0.25) is 17.6 Å². The highest BCUT2D eigenvalue weighted by atomic mass is 16.5. The monoisotopic (exact) mass is 379 g/mol. The Hall–Kier alpha value is -3.35. The summed E-state index contributed by atoms with van der Waals surface area (Å²) >= 11 is 0. The predicted molar refractivity (Wildman–Crippen MR) is 102 cm³/mol. The van der Waals surface area contributed by atoms with Crippen LogP contribution in [0.3, 0.4) is 0 Å². The van der Waals surface area contributed by atoms with Crippen molar-refractivity contribution >= 4 is 5.91 Å². The fraction of sp³-hybridized carbons (Fsp3) is 0.286. The molecule has 7 heteroatoms. The molecule has 1 aliphatic rings. The maximum atomic E-state index is 12.4. The number of aromatic nitrogens is 2. The van der Waals surface area contributed by atoms with Crippen molar-refractivity contribution < 1.29 is 18.8 Å². The summed E-state index contributed by atoms with van der Waals surface area (Å²) in [6, 6.07) is 15.4. The molecule has 1 saturated heterocycles. The third kappa shape index (κ3) is 3.69. The van der Waals surface area contributed by atoms with Gasteiger partial charge >= 0.3 is 0 Å². The van der Waals surface area contributed by atoms with E-state index in [4.69, 9.17) is 14.0 Å². The molecular formula is C21H21N3O4. The van der Waals surface area contributed by atoms with Crippen LogP contribution in [0, 0.1) is 0 Å². The minimum Gasteiger partial charge on any atom is -0.497 e. The van der Waals surface area contributed by atoms with Crippen molar-refractivity contribution in [1.82, 2.24) is 15.0 Å². The lowest BCUT2D eigenvalue weighted by Gasteiger charge is -2.15. The second kappa shape index (κ2) is 7.72. The van der Waals surface area contributed by atoms with Crippen molar-refractivity contribution in [2.75, 3.05) is 20.8 Å². The summed E-state index contributed by atoms with van der Waals surface area (Å²) in [7, 11) is 3.18. The quantitative estimate of drug-likeness (QED) is 0.654. The zero-order valence-electron chi connectivity index (χ0n) is 15.8. The summed E-state index contributed by atoms with van der Waals surface area (Å²) < 4.78 is 16.1. The second-order valence-electron chi connectivity index (χ2n) is 6.72. The van der Waals surface area contributed by atoms with Gasteiger partial charge in [0.25, 0.3) is 0 Å². The van der Waals surface area contributed by atoms with E-state index in [-0.39, 0.29) is 11.8 Å². The molecule has 2 aromatic carbocycles. The first-order chi connectivity index (χ1) is 13.7. The largest absolute Gasteiger partial charge is 0.497 e. The van der Waals surface area contributed by atoms with Gasteiger partial charge in [-0.15, -0.1) is 0 Å². The highest BCUT2D eigenvalue weighted by Gasteiger charge is 2.34. The van der Waals surface area contributed by atoms with Crippen LogP contribution in [0.5, 0.6) is 11.5 Å². The van der Waals surface area contributed by atoms with Crippen molar-refractivity contribution in [3.8, 4) is 22.9 Å². The third-order valence-electron chi connectivity index (χ3n) is 4.83. The molecular weight excluding hydrogens is 358 g/mol. The van der Waals surface area contributed by atoms with Crippen molar-refractivity contribution in [3.63, 3.8) is 0 Å². The van der Waals surface area contributed by atoms with Gasteiger partial charge in [0.1, 0.15) is 11.5 Å². The standard InChI is InChI=1S/C21H21N3O4/c1-26-17-8-15(9-18(11-17)27-2)20-22-21(28-23-20)16-10-19(25)24(13-16)12-14-6-4-3-5-7-14/h3-9,11,16H,10,12-13H2,1-2H3. The SMILES string of the molecule is COc1cc(OC)cc(-c2noc(C3CC(=O)N(Cc4ccccc4)C3)n2)c1. The van der Waals surface area contributed by atoms with Crippen molar-refractivity contribution in [2.24, 2.45) is 0 Å². The number of hydrogen-bond donors (Lipinski definition) is 0. The fourth-order valence-corrected chi connectivity index (χ4v) is 3.35. The number of likely N-dealkylation sites (tertiary alicyclic amines) is 1. The number of methoxy groups -OCH3 is 2. The summed E-state index contributed by atoms with van der Waals surface area (Å²) in [6.07, 6.45) is 0.371. The van der Waals surface area contributed by atoms with Gasteiger partial charge in [-0.05, 0) is 17.7 Å². The number of rotatable bonds is 6. The van der Waals surface area contributed by atoms with E-state index in [2.05, 4.69) is 10.1 Å². The molecule has 1 unspecified atom stereocenters. The van der Waals surface area contributed by atoms with Gasteiger partial charge in [-0.25, -0.2) is 0 Å². The summed E-state index contributed by atoms with van der Waals surface area (Å²) in [5.41, 5.74) is 1.84. The predicted octanol–water partition coefficient (Wildman–Crippen LogP) is 3.27. The highest BCUT2D eigenvalue weighted by molar-refractivity contribution is 5.79. The Morgan fingerprint density at radius 2 is 1.82 bits per heavy atom. The summed E-state index contributed by atoms with van der Waals surface area (Å²) in [5, 5.41) is 4.09. The molecule has 0 aliphatic carbocycles. The van der Waals surface area contributed by atoms with Crippen molar-refractivity contribution in [1.29, 1.82) is 0 Å². The zero-order valence-corrected chi connectivity index (χ0v) is 15.8. The van der Waals surface area contributed by atoms with E-state index in [9.17, 15) is 4.79 Å². The number of carbonyl (C=O) groups excluding carboxylic acids is 1. The van der Waals surface area contributed by atoms with Gasteiger partial charge < -0.3 is 18.9 Å². The minimum absolute atomic E-state index is 0.0941. The topological polar surface area (TPSA) is 77.7 Å².